The van der Waals surface area contributed by atoms with Gasteiger partial charge in [-0.1, -0.05) is 146 Å². The van der Waals surface area contributed by atoms with E-state index in [2.05, 4.69) is 97.1 Å². The number of hydrogen-bond donors (Lipinski definition) is 0. The molecule has 0 saturated carbocycles. The number of nitrogens with zero attached hydrogens (tertiary/aromatic N) is 4. The Morgan fingerprint density at radius 1 is 0.362 bits per heavy atom. The third-order valence-corrected chi connectivity index (χ3v) is 10.7. The zero-order chi connectivity index (χ0) is 38.4. The fraction of sp³-hybridized carbons (Fsp3) is 0. The van der Waals surface area contributed by atoms with Crippen LogP contribution in [-0.2, 0) is 0 Å². The first kappa shape index (κ1) is 33.4. The third-order valence-electron chi connectivity index (χ3n) is 10.7. The number of hydrogen-bond acceptors (Lipinski definition) is 6. The molecule has 0 fully saturated rings. The molecular formula is C52H32N4O2. The summed E-state index contributed by atoms with van der Waals surface area (Å²) in [5.74, 6) is 2.71. The zero-order valence-electron chi connectivity index (χ0n) is 31.1. The maximum Gasteiger partial charge on any atom is 0.160 e. The third kappa shape index (κ3) is 6.01. The molecule has 272 valence electrons. The lowest BCUT2D eigenvalue weighted by atomic mass is 9.94. The van der Waals surface area contributed by atoms with Crippen molar-refractivity contribution in [2.75, 3.05) is 0 Å². The van der Waals surface area contributed by atoms with Crippen molar-refractivity contribution in [3.8, 4) is 79.0 Å². The van der Waals surface area contributed by atoms with Crippen LogP contribution in [0.25, 0.3) is 102 Å². The molecule has 0 aliphatic carbocycles. The average molecular weight is 745 g/mol. The lowest BCUT2D eigenvalue weighted by Crippen LogP contribution is -1.98. The summed E-state index contributed by atoms with van der Waals surface area (Å²) in [5.41, 5.74) is 12.7. The Morgan fingerprint density at radius 3 is 1.83 bits per heavy atom. The Kier molecular flexibility index (Phi) is 8.04. The number of ether oxygens (including phenoxy) is 1. The van der Waals surface area contributed by atoms with E-state index in [1.54, 1.807) is 0 Å². The van der Waals surface area contributed by atoms with E-state index >= 15 is 0 Å². The van der Waals surface area contributed by atoms with E-state index < -0.39 is 0 Å². The molecular weight excluding hydrogens is 713 g/mol. The van der Waals surface area contributed by atoms with Gasteiger partial charge in [-0.2, -0.15) is 0 Å². The second-order valence-electron chi connectivity index (χ2n) is 14.3. The summed E-state index contributed by atoms with van der Waals surface area (Å²) in [6, 6.07) is 57.5. The van der Waals surface area contributed by atoms with Crippen molar-refractivity contribution in [2.45, 2.75) is 0 Å². The van der Waals surface area contributed by atoms with E-state index in [1.165, 1.54) is 0 Å². The minimum Gasteiger partial charge on any atom is -0.456 e. The van der Waals surface area contributed by atoms with Crippen molar-refractivity contribution in [1.29, 1.82) is 0 Å². The number of rotatable bonds is 4. The van der Waals surface area contributed by atoms with Crippen LogP contribution in [0.3, 0.4) is 0 Å². The van der Waals surface area contributed by atoms with Gasteiger partial charge in [-0.05, 0) is 58.7 Å². The monoisotopic (exact) mass is 744 g/mol. The Morgan fingerprint density at radius 2 is 1.02 bits per heavy atom. The van der Waals surface area contributed by atoms with Gasteiger partial charge in [-0.3, -0.25) is 0 Å². The highest BCUT2D eigenvalue weighted by atomic mass is 16.5. The number of benzene rings is 7. The van der Waals surface area contributed by atoms with E-state index in [1.807, 2.05) is 97.3 Å². The quantitative estimate of drug-likeness (QED) is 0.179. The maximum absolute atomic E-state index is 7.04. The molecule has 58 heavy (non-hydrogen) atoms. The molecule has 0 bridgehead atoms. The van der Waals surface area contributed by atoms with E-state index in [4.69, 9.17) is 29.1 Å². The van der Waals surface area contributed by atoms with Gasteiger partial charge in [0.15, 0.2) is 11.6 Å². The molecule has 6 heteroatoms. The second-order valence-corrected chi connectivity index (χ2v) is 14.3. The van der Waals surface area contributed by atoms with Crippen LogP contribution in [0.1, 0.15) is 11.1 Å². The van der Waals surface area contributed by atoms with Crippen LogP contribution in [0, 0.1) is 0 Å². The minimum atomic E-state index is 0.576. The standard InChI is InChI=1S/C52H32N4O2/c1-3-14-35(15-4-1)45-30-46(38-31-53-51(54-32-38)36-16-5-2-6-17-36)56-52(55-45)37-26-25-34-24-23-33-13-7-8-18-39(33)40-19-9-11-21-47(40)57-50-28-43-41-20-10-12-22-48(41)58-49(43)29-44(50)42(34)27-37/h1-32H/b24-23-. The maximum atomic E-state index is 7.04. The van der Waals surface area contributed by atoms with Crippen LogP contribution in [0.15, 0.2) is 187 Å². The van der Waals surface area contributed by atoms with E-state index in [-0.39, 0.29) is 0 Å². The first-order chi connectivity index (χ1) is 28.7. The van der Waals surface area contributed by atoms with E-state index in [9.17, 15) is 0 Å². The molecule has 0 N–H and O–H groups in total. The fourth-order valence-electron chi connectivity index (χ4n) is 7.76. The summed E-state index contributed by atoms with van der Waals surface area (Å²) < 4.78 is 13.5. The molecule has 4 heterocycles. The average Bonchev–Trinajstić information content (AvgIpc) is 3.65. The number of fused-ring (bicyclic) bond motifs is 9. The summed E-state index contributed by atoms with van der Waals surface area (Å²) in [7, 11) is 0. The van der Waals surface area contributed by atoms with Gasteiger partial charge in [-0.25, -0.2) is 19.9 Å². The zero-order valence-corrected chi connectivity index (χ0v) is 31.1. The topological polar surface area (TPSA) is 73.9 Å². The predicted octanol–water partition coefficient (Wildman–Crippen LogP) is 13.4. The summed E-state index contributed by atoms with van der Waals surface area (Å²) in [4.78, 5) is 19.8. The van der Waals surface area contributed by atoms with Gasteiger partial charge in [0.25, 0.3) is 0 Å². The summed E-state index contributed by atoms with van der Waals surface area (Å²) in [6.07, 6.45) is 8.02. The SMILES string of the molecule is C1=C\c2ccc(-c3nc(-c4ccccc4)cc(-c4cnc(-c5ccccc5)nc4)n3)cc2-c2cc3oc4ccccc4c3cc2Oc2ccccc2-c2ccccc2/1. The molecule has 1 aliphatic heterocycles. The lowest BCUT2D eigenvalue weighted by molar-refractivity contribution is 0.487. The molecule has 0 amide bonds. The molecule has 0 spiro atoms. The molecule has 3 aromatic heterocycles. The molecule has 11 rings (SSSR count). The van der Waals surface area contributed by atoms with Gasteiger partial charge in [0.1, 0.15) is 22.7 Å². The lowest BCUT2D eigenvalue weighted by Gasteiger charge is -2.17. The number of aromatic nitrogens is 4. The van der Waals surface area contributed by atoms with Gasteiger partial charge in [0, 0.05) is 56.5 Å². The van der Waals surface area contributed by atoms with Crippen molar-refractivity contribution >= 4 is 34.1 Å². The molecule has 10 aromatic rings. The summed E-state index contributed by atoms with van der Waals surface area (Å²) in [5, 5.41) is 2.02. The molecule has 7 aromatic carbocycles. The summed E-state index contributed by atoms with van der Waals surface area (Å²) >= 11 is 0. The van der Waals surface area contributed by atoms with Crippen molar-refractivity contribution < 1.29 is 9.15 Å². The van der Waals surface area contributed by atoms with Crippen LogP contribution in [0.4, 0.5) is 0 Å². The Labute approximate surface area is 334 Å². The first-order valence-electron chi connectivity index (χ1n) is 19.2. The van der Waals surface area contributed by atoms with E-state index in [0.29, 0.717) is 17.4 Å². The largest absolute Gasteiger partial charge is 0.456 e. The molecule has 0 saturated heterocycles. The number of para-hydroxylation sites is 2. The van der Waals surface area contributed by atoms with Gasteiger partial charge < -0.3 is 9.15 Å². The normalized spacial score (nSPS) is 12.4. The molecule has 6 nitrogen and oxygen atoms in total. The van der Waals surface area contributed by atoms with Crippen LogP contribution in [0.2, 0.25) is 0 Å². The molecule has 0 atom stereocenters. The fourth-order valence-corrected chi connectivity index (χ4v) is 7.76. The van der Waals surface area contributed by atoms with Crippen LogP contribution in [0.5, 0.6) is 11.5 Å². The first-order valence-corrected chi connectivity index (χ1v) is 19.2. The molecule has 0 radical (unpaired) electrons. The molecule has 0 unspecified atom stereocenters. The van der Waals surface area contributed by atoms with Crippen LogP contribution >= 0.6 is 0 Å². The molecule has 1 aliphatic rings. The second kappa shape index (κ2) is 14.0. The van der Waals surface area contributed by atoms with Crippen LogP contribution < -0.4 is 4.74 Å². The Balaban J connectivity index is 1.13. The van der Waals surface area contributed by atoms with Crippen molar-refractivity contribution in [3.63, 3.8) is 0 Å². The Hall–Kier alpha value is -7.96. The van der Waals surface area contributed by atoms with Gasteiger partial charge in [0.05, 0.1) is 11.4 Å². The smallest absolute Gasteiger partial charge is 0.160 e. The van der Waals surface area contributed by atoms with Crippen molar-refractivity contribution in [3.05, 3.63) is 193 Å². The van der Waals surface area contributed by atoms with E-state index in [0.717, 1.165) is 94.7 Å². The summed E-state index contributed by atoms with van der Waals surface area (Å²) in [6.45, 7) is 0. The van der Waals surface area contributed by atoms with Crippen LogP contribution in [-0.4, -0.2) is 19.9 Å². The van der Waals surface area contributed by atoms with Crippen molar-refractivity contribution in [2.24, 2.45) is 0 Å². The highest BCUT2D eigenvalue weighted by Crippen LogP contribution is 2.45. The highest BCUT2D eigenvalue weighted by Gasteiger charge is 2.21. The predicted molar refractivity (Wildman–Crippen MR) is 233 cm³/mol. The van der Waals surface area contributed by atoms with Gasteiger partial charge in [0.2, 0.25) is 0 Å². The van der Waals surface area contributed by atoms with Gasteiger partial charge in [-0.15, -0.1) is 0 Å². The number of furan rings is 1. The minimum absolute atomic E-state index is 0.576. The highest BCUT2D eigenvalue weighted by molar-refractivity contribution is 6.07. The van der Waals surface area contributed by atoms with Crippen molar-refractivity contribution in [1.82, 2.24) is 19.9 Å². The van der Waals surface area contributed by atoms with Gasteiger partial charge >= 0.3 is 0 Å². The Bertz CT molecular complexity index is 3190.